The lowest BCUT2D eigenvalue weighted by Crippen LogP contribution is -2.34. The number of benzene rings is 2. The standard InChI is InChI=1S/C23H22Cl5N5O2S/c1-4-33-21(20(11(2)3)30-22(35)13-6-5-12(24)7-14(13)25)31-32-23(33)36-10-19(34)29-18-9-16(27)15(26)8-17(18)28/h5-9,11,20H,4,10H2,1-3H3,(H,29,34)(H,30,35)/t20-/m0/s1. The average Bonchev–Trinajstić information content (AvgIpc) is 3.21. The lowest BCUT2D eigenvalue weighted by Gasteiger charge is -2.22. The van der Waals surface area contributed by atoms with Crippen LogP contribution in [0.3, 0.4) is 0 Å². The highest BCUT2D eigenvalue weighted by Crippen LogP contribution is 2.33. The molecule has 0 fully saturated rings. The van der Waals surface area contributed by atoms with Crippen LogP contribution in [0.4, 0.5) is 5.69 Å². The number of nitrogens with zero attached hydrogens (tertiary/aromatic N) is 3. The molecule has 0 aliphatic heterocycles. The van der Waals surface area contributed by atoms with Crippen molar-refractivity contribution in [3.05, 3.63) is 66.8 Å². The second-order valence-corrected chi connectivity index (χ2v) is 11.0. The van der Waals surface area contributed by atoms with Crippen molar-refractivity contribution >= 4 is 87.3 Å². The number of hydrogen-bond donors (Lipinski definition) is 2. The highest BCUT2D eigenvalue weighted by atomic mass is 35.5. The highest BCUT2D eigenvalue weighted by Gasteiger charge is 2.27. The molecule has 2 aromatic carbocycles. The van der Waals surface area contributed by atoms with Crippen LogP contribution in [-0.2, 0) is 11.3 Å². The molecule has 3 rings (SSSR count). The van der Waals surface area contributed by atoms with Crippen LogP contribution in [0.5, 0.6) is 0 Å². The van der Waals surface area contributed by atoms with Crippen LogP contribution in [0.1, 0.15) is 43.0 Å². The Balaban J connectivity index is 1.74. The predicted molar refractivity (Wildman–Crippen MR) is 148 cm³/mol. The largest absolute Gasteiger partial charge is 0.342 e. The fraction of sp³-hybridized carbons (Fsp3) is 0.304. The number of rotatable bonds is 9. The molecule has 192 valence electrons. The minimum Gasteiger partial charge on any atom is -0.342 e. The zero-order chi connectivity index (χ0) is 26.6. The van der Waals surface area contributed by atoms with Crippen molar-refractivity contribution in [1.82, 2.24) is 20.1 Å². The Morgan fingerprint density at radius 3 is 2.31 bits per heavy atom. The van der Waals surface area contributed by atoms with Gasteiger partial charge in [0, 0.05) is 11.6 Å². The molecule has 3 aromatic rings. The summed E-state index contributed by atoms with van der Waals surface area (Å²) in [5, 5.41) is 16.4. The monoisotopic (exact) mass is 607 g/mol. The molecule has 0 aliphatic carbocycles. The molecule has 2 amide bonds. The van der Waals surface area contributed by atoms with Crippen LogP contribution >= 0.6 is 69.8 Å². The van der Waals surface area contributed by atoms with E-state index in [0.29, 0.717) is 38.8 Å². The summed E-state index contributed by atoms with van der Waals surface area (Å²) in [5.41, 5.74) is 0.666. The summed E-state index contributed by atoms with van der Waals surface area (Å²) < 4.78 is 1.86. The molecule has 2 N–H and O–H groups in total. The second-order valence-electron chi connectivity index (χ2n) is 7.99. The third-order valence-corrected chi connectivity index (χ3v) is 7.63. The Morgan fingerprint density at radius 2 is 1.67 bits per heavy atom. The zero-order valence-electron chi connectivity index (χ0n) is 19.4. The number of amides is 2. The molecular weight excluding hydrogens is 588 g/mol. The summed E-state index contributed by atoms with van der Waals surface area (Å²) in [6.45, 7) is 6.39. The van der Waals surface area contributed by atoms with Crippen molar-refractivity contribution in [2.45, 2.75) is 38.5 Å². The molecule has 0 spiro atoms. The SMILES string of the molecule is CCn1c(SCC(=O)Nc2cc(Cl)c(Cl)cc2Cl)nnc1[C@@H](NC(=O)c1ccc(Cl)cc1Cl)C(C)C. The Bertz CT molecular complexity index is 1280. The minimum atomic E-state index is -0.449. The third-order valence-electron chi connectivity index (χ3n) is 5.09. The van der Waals surface area contributed by atoms with Gasteiger partial charge in [0.1, 0.15) is 0 Å². The van der Waals surface area contributed by atoms with Crippen LogP contribution in [0.25, 0.3) is 0 Å². The molecule has 0 saturated carbocycles. The van der Waals surface area contributed by atoms with Crippen LogP contribution < -0.4 is 10.6 Å². The van der Waals surface area contributed by atoms with Gasteiger partial charge >= 0.3 is 0 Å². The smallest absolute Gasteiger partial charge is 0.253 e. The van der Waals surface area contributed by atoms with Gasteiger partial charge in [-0.3, -0.25) is 9.59 Å². The van der Waals surface area contributed by atoms with Gasteiger partial charge in [0.2, 0.25) is 5.91 Å². The quantitative estimate of drug-likeness (QED) is 0.195. The van der Waals surface area contributed by atoms with Crippen LogP contribution in [0, 0.1) is 5.92 Å². The zero-order valence-corrected chi connectivity index (χ0v) is 24.0. The normalized spacial score (nSPS) is 12.0. The van der Waals surface area contributed by atoms with Crippen LogP contribution in [0.2, 0.25) is 25.1 Å². The van der Waals surface area contributed by atoms with E-state index in [1.165, 1.54) is 30.0 Å². The highest BCUT2D eigenvalue weighted by molar-refractivity contribution is 7.99. The summed E-state index contributed by atoms with van der Waals surface area (Å²) in [6, 6.07) is 7.20. The van der Waals surface area contributed by atoms with E-state index in [1.807, 2.05) is 25.3 Å². The summed E-state index contributed by atoms with van der Waals surface area (Å²) in [7, 11) is 0. The van der Waals surface area contributed by atoms with Crippen molar-refractivity contribution in [2.75, 3.05) is 11.1 Å². The summed E-state index contributed by atoms with van der Waals surface area (Å²) in [4.78, 5) is 25.5. The predicted octanol–water partition coefficient (Wildman–Crippen LogP) is 7.42. The molecule has 0 aliphatic rings. The number of carbonyl (C=O) groups is 2. The first-order valence-electron chi connectivity index (χ1n) is 10.8. The minimum absolute atomic E-state index is 0.00697. The number of halogens is 5. The Kier molecular flexibility index (Phi) is 10.2. The van der Waals surface area contributed by atoms with Gasteiger partial charge in [-0.15, -0.1) is 10.2 Å². The number of carbonyl (C=O) groups excluding carboxylic acids is 2. The topological polar surface area (TPSA) is 88.9 Å². The molecular formula is C23H22Cl5N5O2S. The van der Waals surface area contributed by atoms with Gasteiger partial charge in [0.25, 0.3) is 5.91 Å². The van der Waals surface area contributed by atoms with Gasteiger partial charge in [-0.05, 0) is 43.2 Å². The number of hydrogen-bond acceptors (Lipinski definition) is 5. The maximum atomic E-state index is 12.9. The fourth-order valence-electron chi connectivity index (χ4n) is 3.29. The molecule has 0 saturated heterocycles. The molecule has 36 heavy (non-hydrogen) atoms. The van der Waals surface area contributed by atoms with Crippen molar-refractivity contribution in [2.24, 2.45) is 5.92 Å². The fourth-order valence-corrected chi connectivity index (χ4v) is 5.19. The van der Waals surface area contributed by atoms with Gasteiger partial charge in [0.05, 0.1) is 43.1 Å². The maximum Gasteiger partial charge on any atom is 0.253 e. The molecule has 0 bridgehead atoms. The Hall–Kier alpha value is -1.68. The van der Waals surface area contributed by atoms with Crippen LogP contribution in [-0.4, -0.2) is 32.3 Å². The average molecular weight is 610 g/mol. The van der Waals surface area contributed by atoms with Crippen molar-refractivity contribution in [3.8, 4) is 0 Å². The second kappa shape index (κ2) is 12.7. The van der Waals surface area contributed by atoms with Gasteiger partial charge in [-0.25, -0.2) is 0 Å². The van der Waals surface area contributed by atoms with Gasteiger partial charge in [-0.1, -0.05) is 83.6 Å². The first-order valence-corrected chi connectivity index (χ1v) is 13.7. The Labute approximate surface area is 238 Å². The first-order chi connectivity index (χ1) is 17.0. The van der Waals surface area contributed by atoms with E-state index >= 15 is 0 Å². The maximum absolute atomic E-state index is 12.9. The van der Waals surface area contributed by atoms with Gasteiger partial charge in [-0.2, -0.15) is 0 Å². The van der Waals surface area contributed by atoms with E-state index in [2.05, 4.69) is 20.8 Å². The van der Waals surface area contributed by atoms with E-state index in [9.17, 15) is 9.59 Å². The lowest BCUT2D eigenvalue weighted by molar-refractivity contribution is -0.113. The van der Waals surface area contributed by atoms with Crippen molar-refractivity contribution in [1.29, 1.82) is 0 Å². The summed E-state index contributed by atoms with van der Waals surface area (Å²) in [6.07, 6.45) is 0. The van der Waals surface area contributed by atoms with E-state index in [1.54, 1.807) is 12.1 Å². The number of aromatic nitrogens is 3. The van der Waals surface area contributed by atoms with E-state index < -0.39 is 6.04 Å². The molecule has 1 heterocycles. The van der Waals surface area contributed by atoms with Crippen molar-refractivity contribution < 1.29 is 9.59 Å². The molecule has 7 nitrogen and oxygen atoms in total. The Morgan fingerprint density at radius 1 is 0.972 bits per heavy atom. The third kappa shape index (κ3) is 7.00. The van der Waals surface area contributed by atoms with E-state index in [4.69, 9.17) is 58.0 Å². The molecule has 13 heteroatoms. The number of nitrogens with one attached hydrogen (secondary N) is 2. The van der Waals surface area contributed by atoms with Gasteiger partial charge < -0.3 is 15.2 Å². The van der Waals surface area contributed by atoms with E-state index in [-0.39, 0.29) is 38.6 Å². The molecule has 1 aromatic heterocycles. The number of anilines is 1. The molecule has 0 unspecified atom stereocenters. The molecule has 1 atom stereocenters. The number of thioether (sulfide) groups is 1. The van der Waals surface area contributed by atoms with Crippen molar-refractivity contribution in [3.63, 3.8) is 0 Å². The van der Waals surface area contributed by atoms with E-state index in [0.717, 1.165) is 0 Å². The van der Waals surface area contributed by atoms with Gasteiger partial charge in [0.15, 0.2) is 11.0 Å². The first kappa shape index (κ1) is 28.9. The summed E-state index contributed by atoms with van der Waals surface area (Å²) >= 11 is 31.5. The molecule has 0 radical (unpaired) electrons. The lowest BCUT2D eigenvalue weighted by atomic mass is 10.0. The van der Waals surface area contributed by atoms with Crippen LogP contribution in [0.15, 0.2) is 35.5 Å². The summed E-state index contributed by atoms with van der Waals surface area (Å²) in [5.74, 6) is -0.0473.